The predicted molar refractivity (Wildman–Crippen MR) is 134 cm³/mol. The molecule has 1 saturated heterocycles. The summed E-state index contributed by atoms with van der Waals surface area (Å²) in [4.78, 5) is 30.6. The lowest BCUT2D eigenvalue weighted by atomic mass is 9.97. The van der Waals surface area contributed by atoms with Gasteiger partial charge in [-0.3, -0.25) is 9.78 Å². The van der Waals surface area contributed by atoms with Crippen LogP contribution in [-0.2, 0) is 6.54 Å². The summed E-state index contributed by atoms with van der Waals surface area (Å²) in [6.07, 6.45) is 7.61. The molecule has 0 spiro atoms. The first-order valence-corrected chi connectivity index (χ1v) is 12.0. The van der Waals surface area contributed by atoms with Crippen LogP contribution >= 0.6 is 11.3 Å². The molecule has 0 aliphatic carbocycles. The number of aromatic nitrogens is 4. The van der Waals surface area contributed by atoms with E-state index >= 15 is 0 Å². The maximum Gasteiger partial charge on any atom is 0.266 e. The molecule has 4 heterocycles. The summed E-state index contributed by atoms with van der Waals surface area (Å²) >= 11 is 1.34. The van der Waals surface area contributed by atoms with Gasteiger partial charge in [0.2, 0.25) is 5.95 Å². The smallest absolute Gasteiger partial charge is 0.266 e. The lowest BCUT2D eigenvalue weighted by molar-refractivity contribution is 0.379. The third kappa shape index (κ3) is 5.02. The standard InChI is InChI=1S/C25H26N6OS/c1-17-29-24(32)23(33-17)14-20-7-11-28-25(30-20)31-12-8-18(9-13-31)15-26-16-22-21-5-3-2-4-19(21)6-10-27-22/h2-7,10-11,14,18,26H,1,8-9,12-13,15-16H2,(H,29,32)/b23-14-. The highest BCUT2D eigenvalue weighted by molar-refractivity contribution is 7.07. The fraction of sp³-hybridized carbons (Fsp3) is 0.280. The summed E-state index contributed by atoms with van der Waals surface area (Å²) in [5.41, 5.74) is 1.71. The van der Waals surface area contributed by atoms with E-state index in [0.29, 0.717) is 15.1 Å². The largest absolute Gasteiger partial charge is 0.341 e. The van der Waals surface area contributed by atoms with Crippen LogP contribution < -0.4 is 25.0 Å². The summed E-state index contributed by atoms with van der Waals surface area (Å²) in [5, 5.41) is 6.05. The van der Waals surface area contributed by atoms with Crippen LogP contribution in [0, 0.1) is 5.92 Å². The van der Waals surface area contributed by atoms with Gasteiger partial charge in [-0.1, -0.05) is 30.8 Å². The second kappa shape index (κ2) is 9.64. The molecule has 0 bridgehead atoms. The highest BCUT2D eigenvalue weighted by Crippen LogP contribution is 2.21. The molecule has 0 radical (unpaired) electrons. The average molecular weight is 459 g/mol. The molecule has 8 heteroatoms. The Kier molecular flexibility index (Phi) is 6.28. The van der Waals surface area contributed by atoms with Gasteiger partial charge in [0.1, 0.15) is 0 Å². The molecule has 0 saturated carbocycles. The number of anilines is 1. The molecule has 4 aromatic rings. The van der Waals surface area contributed by atoms with Gasteiger partial charge in [-0.05, 0) is 48.9 Å². The second-order valence-electron chi connectivity index (χ2n) is 8.31. The van der Waals surface area contributed by atoms with Gasteiger partial charge in [0.05, 0.1) is 20.6 Å². The van der Waals surface area contributed by atoms with E-state index in [4.69, 9.17) is 0 Å². The van der Waals surface area contributed by atoms with Crippen LogP contribution in [0.1, 0.15) is 24.2 Å². The SMILES string of the molecule is C=c1[nH]c(=O)/c(=C/c2ccnc(N3CCC(CNCc4nccc5ccccc45)CC3)n2)s1. The molecule has 5 rings (SSSR count). The Labute approximate surface area is 195 Å². The van der Waals surface area contributed by atoms with E-state index in [1.54, 1.807) is 12.3 Å². The number of rotatable bonds is 6. The summed E-state index contributed by atoms with van der Waals surface area (Å²) in [6, 6.07) is 12.3. The van der Waals surface area contributed by atoms with Crippen molar-refractivity contribution in [3.8, 4) is 0 Å². The molecule has 1 aliphatic rings. The van der Waals surface area contributed by atoms with Gasteiger partial charge in [0.15, 0.2) is 0 Å². The van der Waals surface area contributed by atoms with E-state index in [0.717, 1.165) is 56.4 Å². The number of piperidine rings is 1. The number of H-pyrrole nitrogens is 1. The summed E-state index contributed by atoms with van der Waals surface area (Å²) in [7, 11) is 0. The number of hydrogen-bond acceptors (Lipinski definition) is 7. The molecule has 7 nitrogen and oxygen atoms in total. The lowest BCUT2D eigenvalue weighted by Crippen LogP contribution is -2.38. The van der Waals surface area contributed by atoms with Crippen LogP contribution in [0.4, 0.5) is 5.95 Å². The first kappa shape index (κ1) is 21.5. The number of pyridine rings is 1. The van der Waals surface area contributed by atoms with Crippen molar-refractivity contribution in [3.63, 3.8) is 0 Å². The second-order valence-corrected chi connectivity index (χ2v) is 9.45. The number of nitrogens with zero attached hydrogens (tertiary/aromatic N) is 4. The average Bonchev–Trinajstić information content (AvgIpc) is 3.16. The highest BCUT2D eigenvalue weighted by atomic mass is 32.1. The molecule has 168 valence electrons. The minimum absolute atomic E-state index is 0.128. The van der Waals surface area contributed by atoms with Crippen LogP contribution in [0.25, 0.3) is 23.4 Å². The zero-order valence-corrected chi connectivity index (χ0v) is 19.1. The minimum atomic E-state index is -0.128. The van der Waals surface area contributed by atoms with Crippen molar-refractivity contribution < 1.29 is 0 Å². The van der Waals surface area contributed by atoms with Crippen molar-refractivity contribution in [3.05, 3.63) is 79.7 Å². The summed E-state index contributed by atoms with van der Waals surface area (Å²) in [5.74, 6) is 1.34. The van der Waals surface area contributed by atoms with Gasteiger partial charge in [0.25, 0.3) is 5.56 Å². The quantitative estimate of drug-likeness (QED) is 0.460. The molecule has 1 aromatic carbocycles. The summed E-state index contributed by atoms with van der Waals surface area (Å²) < 4.78 is 1.25. The van der Waals surface area contributed by atoms with Crippen LogP contribution in [0.15, 0.2) is 53.6 Å². The maximum atomic E-state index is 11.9. The zero-order chi connectivity index (χ0) is 22.6. The minimum Gasteiger partial charge on any atom is -0.341 e. The van der Waals surface area contributed by atoms with Gasteiger partial charge < -0.3 is 15.2 Å². The first-order valence-electron chi connectivity index (χ1n) is 11.2. The zero-order valence-electron chi connectivity index (χ0n) is 18.3. The highest BCUT2D eigenvalue weighted by Gasteiger charge is 2.21. The number of thiazole rings is 1. The number of hydrogen-bond donors (Lipinski definition) is 2. The third-order valence-electron chi connectivity index (χ3n) is 6.03. The Morgan fingerprint density at radius 2 is 1.97 bits per heavy atom. The number of aromatic amines is 1. The fourth-order valence-corrected chi connectivity index (χ4v) is 5.00. The van der Waals surface area contributed by atoms with Crippen molar-refractivity contribution >= 4 is 40.7 Å². The van der Waals surface area contributed by atoms with Gasteiger partial charge in [0, 0.05) is 37.4 Å². The molecule has 3 aromatic heterocycles. The normalized spacial score (nSPS) is 15.4. The third-order valence-corrected chi connectivity index (χ3v) is 6.90. The van der Waals surface area contributed by atoms with Gasteiger partial charge in [-0.2, -0.15) is 0 Å². The molecule has 0 atom stereocenters. The molecule has 0 amide bonds. The van der Waals surface area contributed by atoms with Gasteiger partial charge >= 0.3 is 0 Å². The Bertz CT molecular complexity index is 1420. The molecule has 0 unspecified atom stereocenters. The maximum absolute atomic E-state index is 11.9. The number of nitrogens with one attached hydrogen (secondary N) is 2. The van der Waals surface area contributed by atoms with E-state index < -0.39 is 0 Å². The van der Waals surface area contributed by atoms with E-state index in [-0.39, 0.29) is 5.56 Å². The lowest BCUT2D eigenvalue weighted by Gasteiger charge is -2.32. The summed E-state index contributed by atoms with van der Waals surface area (Å²) in [6.45, 7) is 7.38. The van der Waals surface area contributed by atoms with Crippen LogP contribution in [0.3, 0.4) is 0 Å². The molecular weight excluding hydrogens is 432 g/mol. The number of benzene rings is 1. The molecule has 2 N–H and O–H groups in total. The van der Waals surface area contributed by atoms with Crippen molar-refractivity contribution in [1.82, 2.24) is 25.3 Å². The monoisotopic (exact) mass is 458 g/mol. The molecule has 1 fully saturated rings. The van der Waals surface area contributed by atoms with Crippen LogP contribution in [0.5, 0.6) is 0 Å². The Hall–Kier alpha value is -3.36. The van der Waals surface area contributed by atoms with Crippen molar-refractivity contribution in [2.45, 2.75) is 19.4 Å². The molecule has 33 heavy (non-hydrogen) atoms. The van der Waals surface area contributed by atoms with Gasteiger partial charge in [-0.15, -0.1) is 11.3 Å². The van der Waals surface area contributed by atoms with Crippen molar-refractivity contribution in [2.24, 2.45) is 5.92 Å². The Balaban J connectivity index is 1.17. The van der Waals surface area contributed by atoms with E-state index in [1.807, 2.05) is 12.3 Å². The number of fused-ring (bicyclic) bond motifs is 1. The first-order chi connectivity index (χ1) is 16.2. The van der Waals surface area contributed by atoms with E-state index in [9.17, 15) is 4.79 Å². The van der Waals surface area contributed by atoms with Crippen LogP contribution in [-0.4, -0.2) is 39.6 Å². The fourth-order valence-electron chi connectivity index (χ4n) is 4.27. The Morgan fingerprint density at radius 1 is 1.15 bits per heavy atom. The topological polar surface area (TPSA) is 86.8 Å². The predicted octanol–water partition coefficient (Wildman–Crippen LogP) is 2.02. The molecular formula is C25H26N6OS. The Morgan fingerprint density at radius 3 is 2.79 bits per heavy atom. The van der Waals surface area contributed by atoms with E-state index in [1.165, 1.54) is 22.1 Å². The molecule has 1 aliphatic heterocycles. The van der Waals surface area contributed by atoms with Crippen molar-refractivity contribution in [2.75, 3.05) is 24.5 Å². The van der Waals surface area contributed by atoms with Crippen LogP contribution in [0.2, 0.25) is 0 Å². The van der Waals surface area contributed by atoms with Crippen molar-refractivity contribution in [1.29, 1.82) is 0 Å². The van der Waals surface area contributed by atoms with Gasteiger partial charge in [-0.25, -0.2) is 9.97 Å². The van der Waals surface area contributed by atoms with E-state index in [2.05, 4.69) is 67.1 Å².